The Bertz CT molecular complexity index is 264. The second-order valence-corrected chi connectivity index (χ2v) is 2.08. The topological polar surface area (TPSA) is 33.2 Å². The maximum atomic E-state index is 12.5. The number of nitrogens with zero attached hydrogens (tertiary/aromatic N) is 2. The third-order valence-corrected chi connectivity index (χ3v) is 1.26. The van der Waals surface area contributed by atoms with Gasteiger partial charge in [-0.05, 0) is 0 Å². The molecule has 0 saturated heterocycles. The molecule has 0 fully saturated rings. The Balaban J connectivity index is 2.95. The van der Waals surface area contributed by atoms with Gasteiger partial charge in [-0.3, -0.25) is 9.78 Å². The number of aromatic nitrogens is 1. The summed E-state index contributed by atoms with van der Waals surface area (Å²) in [4.78, 5) is 15.0. The van der Waals surface area contributed by atoms with Crippen LogP contribution in [0.4, 0.5) is 10.1 Å². The van der Waals surface area contributed by atoms with E-state index in [1.807, 2.05) is 0 Å². The monoisotopic (exact) mass is 154 g/mol. The standard InChI is InChI=1S/C7H7FN2O/c1-10(5-11)7-2-6(8)3-9-4-7/h2-5H,1H3. The van der Waals surface area contributed by atoms with Crippen LogP contribution in [0.1, 0.15) is 0 Å². The van der Waals surface area contributed by atoms with E-state index in [0.717, 1.165) is 6.20 Å². The van der Waals surface area contributed by atoms with Crippen molar-refractivity contribution in [3.63, 3.8) is 0 Å². The van der Waals surface area contributed by atoms with Crippen LogP contribution in [0.2, 0.25) is 0 Å². The third-order valence-electron chi connectivity index (χ3n) is 1.26. The number of carbonyl (C=O) groups is 1. The predicted molar refractivity (Wildman–Crippen MR) is 38.7 cm³/mol. The molecule has 0 radical (unpaired) electrons. The van der Waals surface area contributed by atoms with E-state index in [-0.39, 0.29) is 0 Å². The molecule has 0 aliphatic carbocycles. The highest BCUT2D eigenvalue weighted by molar-refractivity contribution is 5.73. The minimum atomic E-state index is -0.448. The molecule has 0 aliphatic rings. The van der Waals surface area contributed by atoms with Crippen LogP contribution in [0.25, 0.3) is 0 Å². The van der Waals surface area contributed by atoms with Gasteiger partial charge in [-0.2, -0.15) is 0 Å². The lowest BCUT2D eigenvalue weighted by molar-refractivity contribution is -0.107. The van der Waals surface area contributed by atoms with Crippen LogP contribution in [0.3, 0.4) is 0 Å². The Morgan fingerprint density at radius 3 is 2.91 bits per heavy atom. The first-order valence-electron chi connectivity index (χ1n) is 3.02. The molecule has 0 bridgehead atoms. The van der Waals surface area contributed by atoms with E-state index in [0.29, 0.717) is 12.1 Å². The van der Waals surface area contributed by atoms with Crippen molar-refractivity contribution in [2.75, 3.05) is 11.9 Å². The summed E-state index contributed by atoms with van der Waals surface area (Å²) in [7, 11) is 1.53. The fourth-order valence-electron chi connectivity index (χ4n) is 0.654. The van der Waals surface area contributed by atoms with Gasteiger partial charge in [0.2, 0.25) is 6.41 Å². The van der Waals surface area contributed by atoms with Crippen molar-refractivity contribution in [1.29, 1.82) is 0 Å². The van der Waals surface area contributed by atoms with Crippen molar-refractivity contribution in [1.82, 2.24) is 4.98 Å². The van der Waals surface area contributed by atoms with Gasteiger partial charge in [0, 0.05) is 13.1 Å². The highest BCUT2D eigenvalue weighted by atomic mass is 19.1. The number of halogens is 1. The molecule has 0 unspecified atom stereocenters. The zero-order chi connectivity index (χ0) is 8.27. The fourth-order valence-corrected chi connectivity index (χ4v) is 0.654. The van der Waals surface area contributed by atoms with E-state index in [9.17, 15) is 9.18 Å². The van der Waals surface area contributed by atoms with Gasteiger partial charge in [0.05, 0.1) is 18.1 Å². The highest BCUT2D eigenvalue weighted by Crippen LogP contribution is 2.09. The molecule has 1 aromatic heterocycles. The van der Waals surface area contributed by atoms with Gasteiger partial charge in [-0.15, -0.1) is 0 Å². The van der Waals surface area contributed by atoms with Crippen molar-refractivity contribution < 1.29 is 9.18 Å². The fraction of sp³-hybridized carbons (Fsp3) is 0.143. The molecular formula is C7H7FN2O. The number of anilines is 1. The SMILES string of the molecule is CN(C=O)c1cncc(F)c1. The number of hydrogen-bond donors (Lipinski definition) is 0. The maximum Gasteiger partial charge on any atom is 0.213 e. The van der Waals surface area contributed by atoms with Gasteiger partial charge in [-0.25, -0.2) is 4.39 Å². The normalized spacial score (nSPS) is 9.27. The van der Waals surface area contributed by atoms with Crippen LogP contribution in [-0.4, -0.2) is 18.4 Å². The molecule has 0 aliphatic heterocycles. The summed E-state index contributed by atoms with van der Waals surface area (Å²) in [5.41, 5.74) is 0.444. The molecule has 1 amide bonds. The lowest BCUT2D eigenvalue weighted by atomic mass is 10.4. The van der Waals surface area contributed by atoms with Crippen LogP contribution in [0.5, 0.6) is 0 Å². The molecule has 1 heterocycles. The smallest absolute Gasteiger partial charge is 0.213 e. The Kier molecular flexibility index (Phi) is 2.15. The van der Waals surface area contributed by atoms with Gasteiger partial charge in [0.25, 0.3) is 0 Å². The number of pyridine rings is 1. The van der Waals surface area contributed by atoms with Gasteiger partial charge in [0.15, 0.2) is 0 Å². The van der Waals surface area contributed by atoms with Crippen LogP contribution in [-0.2, 0) is 4.79 Å². The molecule has 1 aromatic rings. The van der Waals surface area contributed by atoms with Gasteiger partial charge >= 0.3 is 0 Å². The second kappa shape index (κ2) is 3.09. The first kappa shape index (κ1) is 7.65. The molecule has 1 rings (SSSR count). The quantitative estimate of drug-likeness (QED) is 0.590. The lowest BCUT2D eigenvalue weighted by Crippen LogP contribution is -2.13. The van der Waals surface area contributed by atoms with Gasteiger partial charge in [-0.1, -0.05) is 0 Å². The average molecular weight is 154 g/mol. The van der Waals surface area contributed by atoms with Crippen LogP contribution >= 0.6 is 0 Å². The number of rotatable bonds is 2. The van der Waals surface area contributed by atoms with E-state index in [1.165, 1.54) is 24.2 Å². The van der Waals surface area contributed by atoms with E-state index >= 15 is 0 Å². The predicted octanol–water partition coefficient (Wildman–Crippen LogP) is 0.813. The van der Waals surface area contributed by atoms with Gasteiger partial charge < -0.3 is 4.90 Å². The Hall–Kier alpha value is -1.45. The molecule has 0 spiro atoms. The summed E-state index contributed by atoms with van der Waals surface area (Å²) in [6.45, 7) is 0. The molecule has 58 valence electrons. The molecule has 3 nitrogen and oxygen atoms in total. The highest BCUT2D eigenvalue weighted by Gasteiger charge is 1.99. The second-order valence-electron chi connectivity index (χ2n) is 2.08. The van der Waals surface area contributed by atoms with Crippen molar-refractivity contribution in [3.05, 3.63) is 24.3 Å². The van der Waals surface area contributed by atoms with E-state index < -0.39 is 5.82 Å². The van der Waals surface area contributed by atoms with Crippen molar-refractivity contribution in [2.24, 2.45) is 0 Å². The summed E-state index contributed by atoms with van der Waals surface area (Å²) in [5.74, 6) is -0.448. The van der Waals surface area contributed by atoms with E-state index in [2.05, 4.69) is 4.98 Å². The Morgan fingerprint density at radius 1 is 1.64 bits per heavy atom. The summed E-state index contributed by atoms with van der Waals surface area (Å²) >= 11 is 0. The number of hydrogen-bond acceptors (Lipinski definition) is 2. The molecular weight excluding hydrogens is 147 g/mol. The summed E-state index contributed by atoms with van der Waals surface area (Å²) in [6.07, 6.45) is 3.09. The van der Waals surface area contributed by atoms with E-state index in [4.69, 9.17) is 0 Å². The maximum absolute atomic E-state index is 12.5. The molecule has 0 atom stereocenters. The first-order chi connectivity index (χ1) is 5.24. The number of amides is 1. The summed E-state index contributed by atoms with van der Waals surface area (Å²) in [5, 5.41) is 0. The molecule has 0 saturated carbocycles. The van der Waals surface area contributed by atoms with Crippen molar-refractivity contribution >= 4 is 12.1 Å². The van der Waals surface area contributed by atoms with Gasteiger partial charge in [0.1, 0.15) is 5.82 Å². The number of carbonyl (C=O) groups excluding carboxylic acids is 1. The van der Waals surface area contributed by atoms with Crippen LogP contribution in [0, 0.1) is 5.82 Å². The largest absolute Gasteiger partial charge is 0.316 e. The molecule has 0 N–H and O–H groups in total. The Morgan fingerprint density at radius 2 is 2.36 bits per heavy atom. The van der Waals surface area contributed by atoms with Crippen LogP contribution < -0.4 is 4.90 Å². The zero-order valence-electron chi connectivity index (χ0n) is 5.99. The summed E-state index contributed by atoms with van der Waals surface area (Å²) in [6, 6.07) is 1.24. The molecule has 11 heavy (non-hydrogen) atoms. The molecule has 4 heteroatoms. The summed E-state index contributed by atoms with van der Waals surface area (Å²) < 4.78 is 12.5. The lowest BCUT2D eigenvalue weighted by Gasteiger charge is -2.08. The third kappa shape index (κ3) is 1.73. The minimum absolute atomic E-state index is 0.444. The Labute approximate surface area is 63.5 Å². The van der Waals surface area contributed by atoms with Crippen LogP contribution in [0.15, 0.2) is 18.5 Å². The zero-order valence-corrected chi connectivity index (χ0v) is 5.99. The van der Waals surface area contributed by atoms with E-state index in [1.54, 1.807) is 0 Å². The first-order valence-corrected chi connectivity index (χ1v) is 3.02. The minimum Gasteiger partial charge on any atom is -0.316 e. The van der Waals surface area contributed by atoms with Crippen molar-refractivity contribution in [2.45, 2.75) is 0 Å². The average Bonchev–Trinajstić information content (AvgIpc) is 2.03. The van der Waals surface area contributed by atoms with Crippen molar-refractivity contribution in [3.8, 4) is 0 Å². The molecule has 0 aromatic carbocycles.